The van der Waals surface area contributed by atoms with Gasteiger partial charge in [-0.2, -0.15) is 0 Å². The minimum Gasteiger partial charge on any atom is -0.806 e. The summed E-state index contributed by atoms with van der Waals surface area (Å²) in [5, 5.41) is 11.7. The summed E-state index contributed by atoms with van der Waals surface area (Å²) >= 11 is 1.11. The molecule has 156 valence electrons. The number of esters is 1. The molecule has 2 N–H and O–H groups in total. The Hall–Kier alpha value is -0.170. The monoisotopic (exact) mass is 486 g/mol. The molecule has 1 aromatic carbocycles. The Bertz CT molecular complexity index is 926. The van der Waals surface area contributed by atoms with Gasteiger partial charge in [0.15, 0.2) is 6.10 Å². The molecule has 1 fully saturated rings. The third kappa shape index (κ3) is 6.45. The molecule has 10 nitrogen and oxygen atoms in total. The maximum absolute atomic E-state index is 12.5. The number of thioether (sulfide) groups is 1. The van der Waals surface area contributed by atoms with Crippen LogP contribution in [0.3, 0.4) is 0 Å². The van der Waals surface area contributed by atoms with E-state index >= 15 is 0 Å². The molecule has 1 unspecified atom stereocenters. The van der Waals surface area contributed by atoms with Crippen molar-refractivity contribution in [2.45, 2.75) is 24.4 Å². The van der Waals surface area contributed by atoms with Crippen LogP contribution in [0, 0.1) is 0 Å². The molecular formula is C17H17N2Na2O8PS. The van der Waals surface area contributed by atoms with E-state index < -0.39 is 54.9 Å². The van der Waals surface area contributed by atoms with Crippen LogP contribution in [-0.2, 0) is 23.7 Å². The van der Waals surface area contributed by atoms with Crippen molar-refractivity contribution in [3.05, 3.63) is 46.9 Å². The molecule has 0 saturated carbocycles. The number of aliphatic hydroxyl groups excluding tert-OH is 1. The fourth-order valence-electron chi connectivity index (χ4n) is 3.05. The van der Waals surface area contributed by atoms with Crippen LogP contribution in [0.1, 0.15) is 18.6 Å². The molecule has 2 aliphatic heterocycles. The van der Waals surface area contributed by atoms with Crippen molar-refractivity contribution >= 4 is 37.1 Å². The second-order valence-corrected chi connectivity index (χ2v) is 8.94. The molecule has 1 aromatic rings. The molecule has 0 aliphatic carbocycles. The van der Waals surface area contributed by atoms with Gasteiger partial charge in [0.05, 0.1) is 5.44 Å². The SMILES string of the molecule is CC(=O)OCC1=C(P(=O)([O-])[O-])N2C(=O)[C@@H](NC(=O)C(O)c3ccccc3)[C@H]2SC1.[Na+].[Na+]. The first-order valence-electron chi connectivity index (χ1n) is 8.47. The molecule has 0 spiro atoms. The van der Waals surface area contributed by atoms with Gasteiger partial charge in [-0.3, -0.25) is 19.3 Å². The number of β-lactam (4-membered cyclic amide) rings is 1. The van der Waals surface area contributed by atoms with E-state index in [1.54, 1.807) is 30.3 Å². The zero-order valence-electron chi connectivity index (χ0n) is 17.1. The molecule has 0 radical (unpaired) electrons. The molecule has 0 aromatic heterocycles. The Morgan fingerprint density at radius 1 is 1.32 bits per heavy atom. The summed E-state index contributed by atoms with van der Waals surface area (Å²) in [6.45, 7) is 0.706. The topological polar surface area (TPSA) is 159 Å². The van der Waals surface area contributed by atoms with E-state index in [0.29, 0.717) is 5.56 Å². The average Bonchev–Trinajstić information content (AvgIpc) is 2.68. The van der Waals surface area contributed by atoms with Gasteiger partial charge in [0.2, 0.25) is 0 Å². The van der Waals surface area contributed by atoms with Crippen LogP contribution in [0.5, 0.6) is 0 Å². The van der Waals surface area contributed by atoms with E-state index in [1.807, 2.05) is 0 Å². The van der Waals surface area contributed by atoms with Gasteiger partial charge in [0.25, 0.3) is 11.8 Å². The van der Waals surface area contributed by atoms with Crippen molar-refractivity contribution in [1.29, 1.82) is 0 Å². The zero-order chi connectivity index (χ0) is 21.3. The molecule has 1 saturated heterocycles. The fraction of sp³-hybridized carbons (Fsp3) is 0.353. The molecule has 2 amide bonds. The zero-order valence-corrected chi connectivity index (χ0v) is 22.9. The van der Waals surface area contributed by atoms with Crippen molar-refractivity contribution < 1.29 is 97.7 Å². The van der Waals surface area contributed by atoms with Gasteiger partial charge in [0, 0.05) is 18.2 Å². The number of nitrogens with zero attached hydrogens (tertiary/aromatic N) is 1. The van der Waals surface area contributed by atoms with Crippen LogP contribution in [0.2, 0.25) is 0 Å². The number of aliphatic hydroxyl groups is 1. The number of amides is 2. The molecule has 3 rings (SSSR count). The van der Waals surface area contributed by atoms with Crippen LogP contribution >= 0.6 is 19.4 Å². The van der Waals surface area contributed by atoms with Gasteiger partial charge in [-0.05, 0) is 13.2 Å². The maximum atomic E-state index is 12.5. The molecule has 0 bridgehead atoms. The largest absolute Gasteiger partial charge is 1.00 e. The van der Waals surface area contributed by atoms with Crippen LogP contribution in [-0.4, -0.2) is 51.6 Å². The number of fused-ring (bicyclic) bond motifs is 1. The van der Waals surface area contributed by atoms with Crippen molar-refractivity contribution in [2.75, 3.05) is 12.4 Å². The van der Waals surface area contributed by atoms with Gasteiger partial charge in [-0.15, -0.1) is 11.8 Å². The van der Waals surface area contributed by atoms with E-state index in [2.05, 4.69) is 5.32 Å². The van der Waals surface area contributed by atoms with Gasteiger partial charge in [-0.25, -0.2) is 0 Å². The summed E-state index contributed by atoms with van der Waals surface area (Å²) < 4.78 is 16.5. The standard InChI is InChI=1S/C17H19N2O8PS.2Na/c1-9(20)27-7-11-8-29-17-12(15(23)19(17)16(11)28(24,25)26)18-14(22)13(21)10-5-3-2-4-6-10;;/h2-6,12-13,17,21H,7-8H2,1H3,(H,18,22)(H2,24,25,26);;/q;2*+1/p-2/t12-,13?,17-;;/m1../s1. The predicted octanol–water partition coefficient (Wildman–Crippen LogP) is -7.18. The smallest absolute Gasteiger partial charge is 0.806 e. The number of hydrogen-bond donors (Lipinski definition) is 2. The first-order chi connectivity index (χ1) is 13.6. The Balaban J connectivity index is 0.00000240. The Labute approximate surface area is 226 Å². The normalized spacial score (nSPS) is 21.0. The summed E-state index contributed by atoms with van der Waals surface area (Å²) in [6.07, 6.45) is -1.51. The van der Waals surface area contributed by atoms with Crippen LogP contribution in [0.4, 0.5) is 0 Å². The summed E-state index contributed by atoms with van der Waals surface area (Å²) in [5.41, 5.74) is -0.378. The first-order valence-corrected chi connectivity index (χ1v) is 11.1. The van der Waals surface area contributed by atoms with Crippen molar-refractivity contribution in [1.82, 2.24) is 10.2 Å². The number of hydrogen-bond acceptors (Lipinski definition) is 9. The molecular weight excluding hydrogens is 469 g/mol. The number of nitrogens with one attached hydrogen (secondary N) is 1. The molecule has 2 heterocycles. The van der Waals surface area contributed by atoms with E-state index in [-0.39, 0.29) is 70.4 Å². The van der Waals surface area contributed by atoms with Crippen molar-refractivity contribution in [3.8, 4) is 0 Å². The summed E-state index contributed by atoms with van der Waals surface area (Å²) in [6, 6.07) is 6.99. The van der Waals surface area contributed by atoms with Crippen molar-refractivity contribution in [3.63, 3.8) is 0 Å². The average molecular weight is 486 g/mol. The van der Waals surface area contributed by atoms with Gasteiger partial charge in [-0.1, -0.05) is 30.3 Å². The summed E-state index contributed by atoms with van der Waals surface area (Å²) in [7, 11) is -5.35. The minimum absolute atomic E-state index is 0. The number of benzene rings is 1. The van der Waals surface area contributed by atoms with Crippen LogP contribution < -0.4 is 74.2 Å². The third-order valence-corrected chi connectivity index (χ3v) is 6.78. The maximum Gasteiger partial charge on any atom is 1.00 e. The van der Waals surface area contributed by atoms with Gasteiger partial charge in [0.1, 0.15) is 18.0 Å². The number of carbonyl (C=O) groups excluding carboxylic acids is 3. The summed E-state index contributed by atoms with van der Waals surface area (Å²) in [4.78, 5) is 60.1. The van der Waals surface area contributed by atoms with E-state index in [4.69, 9.17) is 4.74 Å². The predicted molar refractivity (Wildman–Crippen MR) is 97.7 cm³/mol. The quantitative estimate of drug-likeness (QED) is 0.172. The fourth-order valence-corrected chi connectivity index (χ4v) is 5.58. The van der Waals surface area contributed by atoms with Gasteiger partial charge < -0.3 is 29.5 Å². The number of ether oxygens (including phenoxy) is 1. The number of rotatable bonds is 6. The third-order valence-electron chi connectivity index (χ3n) is 4.39. The molecule has 2 aliphatic rings. The second-order valence-electron chi connectivity index (χ2n) is 6.41. The Kier molecular flexibility index (Phi) is 11.0. The van der Waals surface area contributed by atoms with Crippen LogP contribution in [0.25, 0.3) is 0 Å². The first kappa shape index (κ1) is 28.9. The van der Waals surface area contributed by atoms with Crippen LogP contribution in [0.15, 0.2) is 41.3 Å². The van der Waals surface area contributed by atoms with E-state index in [0.717, 1.165) is 23.6 Å². The van der Waals surface area contributed by atoms with E-state index in [9.17, 15) is 33.8 Å². The minimum atomic E-state index is -5.35. The molecule has 3 atom stereocenters. The Morgan fingerprint density at radius 2 is 1.94 bits per heavy atom. The van der Waals surface area contributed by atoms with E-state index in [1.165, 1.54) is 0 Å². The second kappa shape index (κ2) is 11.8. The number of carbonyl (C=O) groups is 3. The Morgan fingerprint density at radius 3 is 2.48 bits per heavy atom. The summed E-state index contributed by atoms with van der Waals surface area (Å²) in [5.74, 6) is -2.25. The molecule has 31 heavy (non-hydrogen) atoms. The molecule has 14 heteroatoms. The van der Waals surface area contributed by atoms with Gasteiger partial charge >= 0.3 is 65.1 Å². The van der Waals surface area contributed by atoms with Crippen molar-refractivity contribution in [2.24, 2.45) is 0 Å².